The van der Waals surface area contributed by atoms with Gasteiger partial charge in [0.1, 0.15) is 0 Å². The average molecular weight is 559 g/mol. The summed E-state index contributed by atoms with van der Waals surface area (Å²) in [6, 6.07) is 1.88. The second-order valence-corrected chi connectivity index (χ2v) is 12.5. The van der Waals surface area contributed by atoms with Gasteiger partial charge in [0.05, 0.1) is 11.1 Å². The molecule has 39 heavy (non-hydrogen) atoms. The third-order valence-electron chi connectivity index (χ3n) is 9.93. The molecule has 4 fully saturated rings. The Morgan fingerprint density at radius 1 is 0.769 bits per heavy atom. The molecule has 4 aliphatic rings. The van der Waals surface area contributed by atoms with Crippen LogP contribution < -0.4 is 5.32 Å². The maximum Gasteiger partial charge on any atom is 0.416 e. The van der Waals surface area contributed by atoms with E-state index in [4.69, 9.17) is 0 Å². The number of carbonyl (C=O) groups is 1. The molecule has 3 aliphatic carbocycles. The summed E-state index contributed by atoms with van der Waals surface area (Å²) in [5.41, 5.74) is -2.52. The van der Waals surface area contributed by atoms with Crippen LogP contribution >= 0.6 is 0 Å². The molecule has 0 unspecified atom stereocenters. The highest BCUT2D eigenvalue weighted by molar-refractivity contribution is 5.79. The number of hydrogen-bond donors (Lipinski definition) is 1. The molecule has 3 saturated carbocycles. The van der Waals surface area contributed by atoms with Crippen LogP contribution in [0.4, 0.5) is 26.3 Å². The minimum absolute atomic E-state index is 0.0207. The Labute approximate surface area is 227 Å². The Hall–Kier alpha value is -1.77. The minimum Gasteiger partial charge on any atom is -0.353 e. The molecule has 1 N–H and O–H groups in total. The monoisotopic (exact) mass is 558 g/mol. The van der Waals surface area contributed by atoms with E-state index >= 15 is 0 Å². The lowest BCUT2D eigenvalue weighted by molar-refractivity contribution is -0.143. The van der Waals surface area contributed by atoms with Gasteiger partial charge in [-0.1, -0.05) is 38.5 Å². The summed E-state index contributed by atoms with van der Waals surface area (Å²) >= 11 is 0. The fraction of sp³-hybridized carbons (Fsp3) is 0.767. The summed E-state index contributed by atoms with van der Waals surface area (Å²) in [6.07, 6.45) is 3.84. The van der Waals surface area contributed by atoms with Crippen LogP contribution in [0.2, 0.25) is 0 Å². The molecular weight excluding hydrogens is 518 g/mol. The van der Waals surface area contributed by atoms with E-state index in [1.54, 1.807) is 0 Å². The van der Waals surface area contributed by atoms with Gasteiger partial charge in [0.25, 0.3) is 0 Å². The summed E-state index contributed by atoms with van der Waals surface area (Å²) < 4.78 is 79.9. The first-order valence-corrected chi connectivity index (χ1v) is 14.8. The van der Waals surface area contributed by atoms with Crippen molar-refractivity contribution in [1.29, 1.82) is 0 Å². The number of nitrogens with zero attached hydrogens (tertiary/aromatic N) is 1. The lowest BCUT2D eigenvalue weighted by atomic mass is 9.69. The molecule has 0 bridgehead atoms. The van der Waals surface area contributed by atoms with E-state index < -0.39 is 23.5 Å². The van der Waals surface area contributed by atoms with E-state index in [2.05, 4.69) is 5.32 Å². The van der Waals surface area contributed by atoms with E-state index in [0.29, 0.717) is 30.8 Å². The van der Waals surface area contributed by atoms with Gasteiger partial charge in [-0.25, -0.2) is 0 Å². The summed E-state index contributed by atoms with van der Waals surface area (Å²) in [6.45, 7) is 1.24. The number of halogens is 6. The van der Waals surface area contributed by atoms with E-state index in [0.717, 1.165) is 50.7 Å². The van der Waals surface area contributed by atoms with Crippen LogP contribution in [0.3, 0.4) is 0 Å². The molecule has 9 heteroatoms. The first-order chi connectivity index (χ1) is 18.5. The molecular formula is C30H40F6N2O. The van der Waals surface area contributed by atoms with Crippen LogP contribution in [-0.4, -0.2) is 29.9 Å². The van der Waals surface area contributed by atoms with E-state index in [9.17, 15) is 31.1 Å². The number of amides is 1. The molecule has 3 nitrogen and oxygen atoms in total. The highest BCUT2D eigenvalue weighted by atomic mass is 19.4. The summed E-state index contributed by atoms with van der Waals surface area (Å²) in [5, 5.41) is 3.42. The predicted molar refractivity (Wildman–Crippen MR) is 137 cm³/mol. The lowest BCUT2D eigenvalue weighted by Crippen LogP contribution is -2.47. The summed E-state index contributed by atoms with van der Waals surface area (Å²) in [7, 11) is 0. The Balaban J connectivity index is 1.25. The zero-order valence-electron chi connectivity index (χ0n) is 22.4. The first kappa shape index (κ1) is 28.7. The van der Waals surface area contributed by atoms with Gasteiger partial charge in [-0.15, -0.1) is 0 Å². The number of nitrogens with one attached hydrogen (secondary N) is 1. The molecule has 218 valence electrons. The lowest BCUT2D eigenvalue weighted by Gasteiger charge is -2.37. The molecule has 0 aromatic heterocycles. The third-order valence-corrected chi connectivity index (χ3v) is 9.93. The molecule has 5 rings (SSSR count). The Morgan fingerprint density at radius 3 is 1.82 bits per heavy atom. The van der Waals surface area contributed by atoms with Crippen molar-refractivity contribution < 1.29 is 31.1 Å². The number of fused-ring (bicyclic) bond motifs is 1. The van der Waals surface area contributed by atoms with Gasteiger partial charge in [-0.2, -0.15) is 26.3 Å². The first-order valence-electron chi connectivity index (χ1n) is 14.8. The van der Waals surface area contributed by atoms with Gasteiger partial charge in [0.15, 0.2) is 0 Å². The van der Waals surface area contributed by atoms with Gasteiger partial charge < -0.3 is 5.32 Å². The van der Waals surface area contributed by atoms with Gasteiger partial charge in [0, 0.05) is 31.6 Å². The quantitative estimate of drug-likeness (QED) is 0.361. The maximum atomic E-state index is 13.8. The topological polar surface area (TPSA) is 32.3 Å². The second-order valence-electron chi connectivity index (χ2n) is 12.5. The van der Waals surface area contributed by atoms with Crippen molar-refractivity contribution in [3.8, 4) is 0 Å². The number of alkyl halides is 6. The van der Waals surface area contributed by atoms with Crippen LogP contribution in [0.5, 0.6) is 0 Å². The fourth-order valence-corrected chi connectivity index (χ4v) is 8.11. The highest BCUT2D eigenvalue weighted by Gasteiger charge is 2.45. The molecule has 1 amide bonds. The molecule has 0 radical (unpaired) electrons. The van der Waals surface area contributed by atoms with Gasteiger partial charge in [0.2, 0.25) is 5.91 Å². The molecule has 1 aromatic rings. The fourth-order valence-electron chi connectivity index (χ4n) is 8.11. The van der Waals surface area contributed by atoms with Crippen molar-refractivity contribution in [1.82, 2.24) is 10.2 Å². The van der Waals surface area contributed by atoms with Crippen molar-refractivity contribution in [2.45, 2.75) is 102 Å². The van der Waals surface area contributed by atoms with Crippen molar-refractivity contribution in [2.75, 3.05) is 13.1 Å². The molecule has 1 heterocycles. The van der Waals surface area contributed by atoms with Crippen molar-refractivity contribution in [2.24, 2.45) is 29.6 Å². The normalized spacial score (nSPS) is 27.7. The van der Waals surface area contributed by atoms with E-state index in [1.165, 1.54) is 38.5 Å². The zero-order valence-corrected chi connectivity index (χ0v) is 22.4. The van der Waals surface area contributed by atoms with Crippen LogP contribution in [0.1, 0.15) is 93.7 Å². The van der Waals surface area contributed by atoms with Crippen LogP contribution in [0.15, 0.2) is 18.2 Å². The van der Waals surface area contributed by atoms with Crippen LogP contribution in [-0.2, 0) is 23.7 Å². The molecule has 1 aromatic carbocycles. The third kappa shape index (κ3) is 6.76. The van der Waals surface area contributed by atoms with Crippen molar-refractivity contribution in [3.63, 3.8) is 0 Å². The molecule has 0 spiro atoms. The van der Waals surface area contributed by atoms with Crippen molar-refractivity contribution >= 4 is 5.91 Å². The minimum atomic E-state index is -4.85. The van der Waals surface area contributed by atoms with Gasteiger partial charge in [-0.05, 0) is 86.0 Å². The predicted octanol–water partition coefficient (Wildman–Crippen LogP) is 7.83. The summed E-state index contributed by atoms with van der Waals surface area (Å²) in [5.74, 6) is 1.62. The number of rotatable bonds is 6. The second kappa shape index (κ2) is 11.6. The number of benzene rings is 1. The number of carbonyl (C=O) groups excluding carboxylic acids is 1. The number of likely N-dealkylation sites (tertiary alicyclic amines) is 1. The van der Waals surface area contributed by atoms with Gasteiger partial charge in [-0.3, -0.25) is 9.69 Å². The van der Waals surface area contributed by atoms with Crippen molar-refractivity contribution in [3.05, 3.63) is 34.9 Å². The Bertz CT molecular complexity index is 946. The van der Waals surface area contributed by atoms with E-state index in [-0.39, 0.29) is 42.0 Å². The SMILES string of the molecule is O=C(N[C@@H]1CC[C@H]2CN(Cc3cc(C(F)(F)F)cc(C(F)(F)F)c3)C[C@H]21)C(C1CCCCC1)C1CCCCC1. The standard InChI is InChI=1S/C30H40F6N2O/c31-29(32,33)23-13-19(14-24(15-23)30(34,35)36)16-38-17-22-11-12-26(25(22)18-38)37-28(39)27(20-7-3-1-4-8-20)21-9-5-2-6-10-21/h13-15,20-22,25-27H,1-12,16-18H2,(H,37,39)/t22-,25+,26+/m0/s1. The zero-order chi connectivity index (χ0) is 27.8. The van der Waals surface area contributed by atoms with Crippen LogP contribution in [0.25, 0.3) is 0 Å². The highest BCUT2D eigenvalue weighted by Crippen LogP contribution is 2.43. The maximum absolute atomic E-state index is 13.8. The molecule has 3 atom stereocenters. The van der Waals surface area contributed by atoms with E-state index in [1.807, 2.05) is 4.90 Å². The van der Waals surface area contributed by atoms with Crippen LogP contribution in [0, 0.1) is 29.6 Å². The Morgan fingerprint density at radius 2 is 1.31 bits per heavy atom. The van der Waals surface area contributed by atoms with Gasteiger partial charge >= 0.3 is 12.4 Å². The Kier molecular flexibility index (Phi) is 8.56. The smallest absolute Gasteiger partial charge is 0.353 e. The average Bonchev–Trinajstić information content (AvgIpc) is 3.45. The summed E-state index contributed by atoms with van der Waals surface area (Å²) in [4.78, 5) is 15.7. The molecule has 1 aliphatic heterocycles. The number of hydrogen-bond acceptors (Lipinski definition) is 2. The largest absolute Gasteiger partial charge is 0.416 e. The molecule has 1 saturated heterocycles.